The number of anilines is 1. The quantitative estimate of drug-likeness (QED) is 0.784. The van der Waals surface area contributed by atoms with Crippen molar-refractivity contribution >= 4 is 5.69 Å². The van der Waals surface area contributed by atoms with Gasteiger partial charge in [0.15, 0.2) is 0 Å². The van der Waals surface area contributed by atoms with Gasteiger partial charge in [-0.1, -0.05) is 25.3 Å². The minimum Gasteiger partial charge on any atom is -0.387 e. The summed E-state index contributed by atoms with van der Waals surface area (Å²) in [7, 11) is 1.60. The van der Waals surface area contributed by atoms with Crippen molar-refractivity contribution in [3.8, 4) is 0 Å². The molecule has 0 aromatic heterocycles. The maximum atomic E-state index is 13.7. The molecule has 1 aliphatic carbocycles. The van der Waals surface area contributed by atoms with E-state index in [-0.39, 0.29) is 17.5 Å². The fourth-order valence-corrected chi connectivity index (χ4v) is 4.30. The van der Waals surface area contributed by atoms with Gasteiger partial charge in [-0.3, -0.25) is 0 Å². The van der Waals surface area contributed by atoms with Crippen LogP contribution in [0.1, 0.15) is 73.5 Å². The largest absolute Gasteiger partial charge is 0.418 e. The third-order valence-corrected chi connectivity index (χ3v) is 5.56. The van der Waals surface area contributed by atoms with E-state index >= 15 is 0 Å². The second-order valence-corrected chi connectivity index (χ2v) is 7.16. The minimum atomic E-state index is -4.32. The molecule has 2 N–H and O–H groups in total. The molecule has 2 fully saturated rings. The number of hydrogen-bond acceptors (Lipinski definition) is 2. The van der Waals surface area contributed by atoms with Gasteiger partial charge in [0.2, 0.25) is 0 Å². The standard InChI is InChI=1S/C19H27F3N2/c1-23-18-16(14-8-5-9-24-12-14)10-15(11-17(18)19(20,21)22)13-6-3-2-4-7-13/h10-11,13-14,23-24H,2-9,12H2,1H3. The Hall–Kier alpha value is -1.23. The highest BCUT2D eigenvalue weighted by Crippen LogP contribution is 2.44. The average Bonchev–Trinajstić information content (AvgIpc) is 2.61. The van der Waals surface area contributed by atoms with Crippen molar-refractivity contribution in [1.82, 2.24) is 5.32 Å². The molecule has 1 saturated carbocycles. The van der Waals surface area contributed by atoms with Crippen molar-refractivity contribution in [2.24, 2.45) is 0 Å². The molecule has 2 aliphatic rings. The molecule has 1 aromatic carbocycles. The highest BCUT2D eigenvalue weighted by molar-refractivity contribution is 5.62. The van der Waals surface area contributed by atoms with Gasteiger partial charge >= 0.3 is 6.18 Å². The molecule has 1 heterocycles. The van der Waals surface area contributed by atoms with E-state index in [0.29, 0.717) is 0 Å². The van der Waals surface area contributed by atoms with Crippen LogP contribution < -0.4 is 10.6 Å². The fourth-order valence-electron chi connectivity index (χ4n) is 4.30. The van der Waals surface area contributed by atoms with Gasteiger partial charge in [0, 0.05) is 19.3 Å². The summed E-state index contributed by atoms with van der Waals surface area (Å²) in [6, 6.07) is 3.47. The average molecular weight is 340 g/mol. The van der Waals surface area contributed by atoms with Gasteiger partial charge in [0.05, 0.1) is 5.56 Å². The molecule has 1 saturated heterocycles. The maximum Gasteiger partial charge on any atom is 0.418 e. The number of benzene rings is 1. The summed E-state index contributed by atoms with van der Waals surface area (Å²) in [6.07, 6.45) is 3.13. The first-order valence-electron chi connectivity index (χ1n) is 9.14. The Morgan fingerprint density at radius 1 is 1.00 bits per heavy atom. The molecule has 0 spiro atoms. The van der Waals surface area contributed by atoms with E-state index in [0.717, 1.165) is 62.7 Å². The topological polar surface area (TPSA) is 24.1 Å². The molecular formula is C19H27F3N2. The van der Waals surface area contributed by atoms with E-state index in [1.54, 1.807) is 7.05 Å². The van der Waals surface area contributed by atoms with Crippen molar-refractivity contribution in [2.75, 3.05) is 25.5 Å². The predicted molar refractivity (Wildman–Crippen MR) is 91.7 cm³/mol. The van der Waals surface area contributed by atoms with Gasteiger partial charge in [-0.25, -0.2) is 0 Å². The van der Waals surface area contributed by atoms with Crippen LogP contribution in [0.15, 0.2) is 12.1 Å². The lowest BCUT2D eigenvalue weighted by Gasteiger charge is -2.30. The number of hydrogen-bond donors (Lipinski definition) is 2. The molecular weight excluding hydrogens is 313 g/mol. The molecule has 1 unspecified atom stereocenters. The summed E-state index contributed by atoms with van der Waals surface area (Å²) in [5.41, 5.74) is 1.52. The summed E-state index contributed by atoms with van der Waals surface area (Å²) in [5.74, 6) is 0.437. The van der Waals surface area contributed by atoms with Crippen molar-refractivity contribution in [2.45, 2.75) is 63.0 Å². The van der Waals surface area contributed by atoms with Gasteiger partial charge in [0.25, 0.3) is 0 Å². The SMILES string of the molecule is CNc1c(C2CCCNC2)cc(C2CCCCC2)cc1C(F)(F)F. The highest BCUT2D eigenvalue weighted by Gasteiger charge is 2.36. The number of rotatable bonds is 3. The van der Waals surface area contributed by atoms with Gasteiger partial charge < -0.3 is 10.6 Å². The van der Waals surface area contributed by atoms with E-state index in [4.69, 9.17) is 0 Å². The van der Waals surface area contributed by atoms with Crippen LogP contribution in [-0.4, -0.2) is 20.1 Å². The Morgan fingerprint density at radius 2 is 1.71 bits per heavy atom. The molecule has 1 atom stereocenters. The van der Waals surface area contributed by atoms with Crippen molar-refractivity contribution < 1.29 is 13.2 Å². The Bertz CT molecular complexity index is 556. The van der Waals surface area contributed by atoms with Crippen LogP contribution in [0, 0.1) is 0 Å². The lowest BCUT2D eigenvalue weighted by Crippen LogP contribution is -2.29. The monoisotopic (exact) mass is 340 g/mol. The first-order chi connectivity index (χ1) is 11.5. The fraction of sp³-hybridized carbons (Fsp3) is 0.684. The first kappa shape index (κ1) is 17.6. The van der Waals surface area contributed by atoms with E-state index in [1.807, 2.05) is 0 Å². The summed E-state index contributed by atoms with van der Waals surface area (Å²) >= 11 is 0. The van der Waals surface area contributed by atoms with E-state index in [2.05, 4.69) is 16.7 Å². The summed E-state index contributed by atoms with van der Waals surface area (Å²) in [4.78, 5) is 0. The van der Waals surface area contributed by atoms with Crippen LogP contribution in [-0.2, 0) is 6.18 Å². The van der Waals surface area contributed by atoms with Crippen molar-refractivity contribution in [3.63, 3.8) is 0 Å². The Morgan fingerprint density at radius 3 is 2.29 bits per heavy atom. The summed E-state index contributed by atoms with van der Waals surface area (Å²) in [6.45, 7) is 1.72. The van der Waals surface area contributed by atoms with Crippen molar-refractivity contribution in [1.29, 1.82) is 0 Å². The minimum absolute atomic E-state index is 0.158. The van der Waals surface area contributed by atoms with Crippen LogP contribution in [0.3, 0.4) is 0 Å². The number of alkyl halides is 3. The molecule has 0 amide bonds. The number of nitrogens with one attached hydrogen (secondary N) is 2. The molecule has 0 radical (unpaired) electrons. The Kier molecular flexibility index (Phi) is 5.38. The summed E-state index contributed by atoms with van der Waals surface area (Å²) < 4.78 is 41.0. The lowest BCUT2D eigenvalue weighted by atomic mass is 9.80. The Balaban J connectivity index is 2.06. The van der Waals surface area contributed by atoms with Crippen LogP contribution in [0.2, 0.25) is 0 Å². The van der Waals surface area contributed by atoms with E-state index in [1.165, 1.54) is 12.5 Å². The second kappa shape index (κ2) is 7.34. The molecule has 134 valence electrons. The van der Waals surface area contributed by atoms with Crippen LogP contribution in [0.4, 0.5) is 18.9 Å². The Labute approximate surface area is 142 Å². The normalized spacial score (nSPS) is 23.2. The molecule has 1 aromatic rings. The van der Waals surface area contributed by atoms with Crippen LogP contribution >= 0.6 is 0 Å². The van der Waals surface area contributed by atoms with Crippen LogP contribution in [0.25, 0.3) is 0 Å². The maximum absolute atomic E-state index is 13.7. The lowest BCUT2D eigenvalue weighted by molar-refractivity contribution is -0.137. The second-order valence-electron chi connectivity index (χ2n) is 7.16. The van der Waals surface area contributed by atoms with Gasteiger partial charge in [0.1, 0.15) is 0 Å². The molecule has 1 aliphatic heterocycles. The van der Waals surface area contributed by atoms with Crippen molar-refractivity contribution in [3.05, 3.63) is 28.8 Å². The van der Waals surface area contributed by atoms with Gasteiger partial charge in [-0.2, -0.15) is 13.2 Å². The summed E-state index contributed by atoms with van der Waals surface area (Å²) in [5, 5.41) is 6.18. The highest BCUT2D eigenvalue weighted by atomic mass is 19.4. The molecule has 24 heavy (non-hydrogen) atoms. The molecule has 5 heteroatoms. The zero-order valence-electron chi connectivity index (χ0n) is 14.3. The zero-order chi connectivity index (χ0) is 17.2. The smallest absolute Gasteiger partial charge is 0.387 e. The zero-order valence-corrected chi connectivity index (χ0v) is 14.3. The van der Waals surface area contributed by atoms with E-state index < -0.39 is 11.7 Å². The van der Waals surface area contributed by atoms with Gasteiger partial charge in [-0.15, -0.1) is 0 Å². The third-order valence-electron chi connectivity index (χ3n) is 5.56. The van der Waals surface area contributed by atoms with E-state index in [9.17, 15) is 13.2 Å². The number of halogens is 3. The number of piperidine rings is 1. The predicted octanol–water partition coefficient (Wildman–Crippen LogP) is 5.26. The first-order valence-corrected chi connectivity index (χ1v) is 9.14. The van der Waals surface area contributed by atoms with Gasteiger partial charge in [-0.05, 0) is 61.3 Å². The molecule has 3 rings (SSSR count). The van der Waals surface area contributed by atoms with Crippen LogP contribution in [0.5, 0.6) is 0 Å². The molecule has 2 nitrogen and oxygen atoms in total. The molecule has 0 bridgehead atoms. The third kappa shape index (κ3) is 3.71.